The molecule has 0 saturated heterocycles. The van der Waals surface area contributed by atoms with E-state index < -0.39 is 0 Å². The van der Waals surface area contributed by atoms with Crippen molar-refractivity contribution in [1.82, 2.24) is 19.9 Å². The number of fused-ring (bicyclic) bond motifs is 8. The molecule has 4 nitrogen and oxygen atoms in total. The van der Waals surface area contributed by atoms with Crippen molar-refractivity contribution in [2.45, 2.75) is 9.79 Å². The molecule has 0 fully saturated rings. The Morgan fingerprint density at radius 3 is 1.78 bits per heavy atom. The first-order chi connectivity index (χ1) is 27.2. The smallest absolute Gasteiger partial charge is 0.160 e. The van der Waals surface area contributed by atoms with Crippen molar-refractivity contribution in [3.8, 4) is 67.5 Å². The minimum atomic E-state index is 0.645. The molecule has 0 spiro atoms. The lowest BCUT2D eigenvalue weighted by molar-refractivity contribution is 1.14. The molecule has 1 aliphatic heterocycles. The maximum atomic E-state index is 5.19. The Morgan fingerprint density at radius 1 is 0.382 bits per heavy atom. The first-order valence-electron chi connectivity index (χ1n) is 18.3. The van der Waals surface area contributed by atoms with Crippen molar-refractivity contribution in [2.24, 2.45) is 0 Å². The molecule has 258 valence electrons. The van der Waals surface area contributed by atoms with Gasteiger partial charge in [0.25, 0.3) is 0 Å². The van der Waals surface area contributed by atoms with E-state index in [4.69, 9.17) is 19.9 Å². The second kappa shape index (κ2) is 14.1. The van der Waals surface area contributed by atoms with Crippen LogP contribution in [0.1, 0.15) is 11.1 Å². The summed E-state index contributed by atoms with van der Waals surface area (Å²) in [5, 5.41) is 2.44. The zero-order valence-corrected chi connectivity index (χ0v) is 30.5. The Kier molecular flexibility index (Phi) is 8.39. The molecule has 0 atom stereocenters. The van der Waals surface area contributed by atoms with E-state index in [9.17, 15) is 0 Å². The van der Waals surface area contributed by atoms with Crippen LogP contribution in [0.4, 0.5) is 0 Å². The van der Waals surface area contributed by atoms with E-state index in [0.717, 1.165) is 44.8 Å². The molecule has 0 N–H and O–H groups in total. The summed E-state index contributed by atoms with van der Waals surface area (Å²) in [6.45, 7) is 0. The Morgan fingerprint density at radius 2 is 1.00 bits per heavy atom. The second-order valence-corrected chi connectivity index (χ2v) is 14.5. The molecule has 7 aromatic carbocycles. The third-order valence-corrected chi connectivity index (χ3v) is 11.3. The highest BCUT2D eigenvalue weighted by atomic mass is 32.2. The van der Waals surface area contributed by atoms with Crippen LogP contribution < -0.4 is 0 Å². The number of rotatable bonds is 4. The van der Waals surface area contributed by atoms with Crippen LogP contribution in [-0.4, -0.2) is 19.9 Å². The van der Waals surface area contributed by atoms with Crippen molar-refractivity contribution >= 4 is 34.7 Å². The molecule has 9 aromatic rings. The Balaban J connectivity index is 1.18. The van der Waals surface area contributed by atoms with Gasteiger partial charge >= 0.3 is 0 Å². The summed E-state index contributed by atoms with van der Waals surface area (Å²) < 4.78 is 0. The quantitative estimate of drug-likeness (QED) is 0.181. The molecule has 0 radical (unpaired) electrons. The molecular formula is C50H32N4S. The monoisotopic (exact) mass is 720 g/mol. The van der Waals surface area contributed by atoms with Crippen LogP contribution in [0.3, 0.4) is 0 Å². The van der Waals surface area contributed by atoms with Gasteiger partial charge in [-0.25, -0.2) is 19.9 Å². The zero-order chi connectivity index (χ0) is 36.6. The van der Waals surface area contributed by atoms with E-state index in [1.165, 1.54) is 42.8 Å². The summed E-state index contributed by atoms with van der Waals surface area (Å²) in [4.78, 5) is 22.2. The first-order valence-corrected chi connectivity index (χ1v) is 19.1. The molecule has 55 heavy (non-hydrogen) atoms. The van der Waals surface area contributed by atoms with E-state index in [-0.39, 0.29) is 0 Å². The number of hydrogen-bond acceptors (Lipinski definition) is 5. The van der Waals surface area contributed by atoms with Crippen molar-refractivity contribution in [2.75, 3.05) is 0 Å². The summed E-state index contributed by atoms with van der Waals surface area (Å²) >= 11 is 1.84. The van der Waals surface area contributed by atoms with Gasteiger partial charge in [-0.3, -0.25) is 0 Å². The summed E-state index contributed by atoms with van der Waals surface area (Å²) in [6.07, 6.45) is 8.20. The van der Waals surface area contributed by atoms with Gasteiger partial charge in [-0.1, -0.05) is 176 Å². The predicted molar refractivity (Wildman–Crippen MR) is 227 cm³/mol. The highest BCUT2D eigenvalue weighted by molar-refractivity contribution is 7.99. The summed E-state index contributed by atoms with van der Waals surface area (Å²) in [5.41, 5.74) is 12.4. The van der Waals surface area contributed by atoms with Crippen LogP contribution in [-0.2, 0) is 0 Å². The van der Waals surface area contributed by atoms with E-state index in [2.05, 4.69) is 121 Å². The molecule has 3 heterocycles. The summed E-state index contributed by atoms with van der Waals surface area (Å²) in [6, 6.07) is 59.5. The fraction of sp³-hybridized carbons (Fsp3) is 0. The highest BCUT2D eigenvalue weighted by Crippen LogP contribution is 2.47. The van der Waals surface area contributed by atoms with Gasteiger partial charge < -0.3 is 0 Å². The molecule has 2 aromatic heterocycles. The Labute approximate surface area is 324 Å². The zero-order valence-electron chi connectivity index (χ0n) is 29.7. The van der Waals surface area contributed by atoms with Crippen molar-refractivity contribution < 1.29 is 0 Å². The lowest BCUT2D eigenvalue weighted by atomic mass is 9.93. The molecule has 0 unspecified atom stereocenters. The van der Waals surface area contributed by atoms with Crippen molar-refractivity contribution in [3.63, 3.8) is 0 Å². The van der Waals surface area contributed by atoms with E-state index in [1.807, 2.05) is 84.8 Å². The molecule has 1 aliphatic rings. The van der Waals surface area contributed by atoms with Gasteiger partial charge in [0.05, 0.1) is 11.4 Å². The topological polar surface area (TPSA) is 51.6 Å². The number of aromatic nitrogens is 4. The summed E-state index contributed by atoms with van der Waals surface area (Å²) in [7, 11) is 0. The van der Waals surface area contributed by atoms with Crippen LogP contribution >= 0.6 is 11.8 Å². The lowest BCUT2D eigenvalue weighted by Gasteiger charge is -2.18. The first kappa shape index (κ1) is 32.7. The number of hydrogen-bond donors (Lipinski definition) is 0. The molecule has 10 rings (SSSR count). The molecule has 0 aliphatic carbocycles. The van der Waals surface area contributed by atoms with Gasteiger partial charge in [0, 0.05) is 44.4 Å². The number of benzene rings is 7. The average molecular weight is 721 g/mol. The van der Waals surface area contributed by atoms with Gasteiger partial charge in [-0.05, 0) is 62.4 Å². The largest absolute Gasteiger partial charge is 0.236 e. The maximum Gasteiger partial charge on any atom is 0.160 e. The van der Waals surface area contributed by atoms with E-state index in [0.29, 0.717) is 11.6 Å². The van der Waals surface area contributed by atoms with Crippen molar-refractivity contribution in [1.29, 1.82) is 0 Å². The molecule has 5 heteroatoms. The van der Waals surface area contributed by atoms with Crippen LogP contribution in [0.5, 0.6) is 0 Å². The lowest BCUT2D eigenvalue weighted by Crippen LogP contribution is -1.98. The maximum absolute atomic E-state index is 5.19. The van der Waals surface area contributed by atoms with Crippen LogP contribution in [0.25, 0.3) is 90.5 Å². The molecule has 0 saturated carbocycles. The highest BCUT2D eigenvalue weighted by Gasteiger charge is 2.20. The third kappa shape index (κ3) is 6.31. The minimum Gasteiger partial charge on any atom is -0.236 e. The standard InChI is InChI=1S/C50H32N4S/c1-3-15-36(16-4-1)49-51-31-39(32-52-49)46-30-45(53-50(54-46)37-17-5-2-6-18-37)38-26-25-35-24-23-33-13-7-9-19-40(33)42-21-11-12-22-47(42)55-48-41-20-10-8-14-34(41)27-28-43(48)44(35)29-38/h1-32H/b24-23-. The second-order valence-electron chi connectivity index (χ2n) is 13.5. The van der Waals surface area contributed by atoms with E-state index in [1.54, 1.807) is 0 Å². The molecular weight excluding hydrogens is 689 g/mol. The predicted octanol–water partition coefficient (Wildman–Crippen LogP) is 13.1. The molecule has 0 bridgehead atoms. The normalized spacial score (nSPS) is 12.4. The van der Waals surface area contributed by atoms with Crippen molar-refractivity contribution in [3.05, 3.63) is 193 Å². The van der Waals surface area contributed by atoms with Gasteiger partial charge in [-0.15, -0.1) is 0 Å². The van der Waals surface area contributed by atoms with Crippen LogP contribution in [0.15, 0.2) is 192 Å². The van der Waals surface area contributed by atoms with Crippen LogP contribution in [0, 0.1) is 0 Å². The SMILES string of the molecule is C1=C\c2ccc(-c3cc(-c4cnc(-c5ccccc5)nc4)nc(-c4ccccc4)n3)cc2-c2ccc3ccccc3c2Sc2ccccc2-c2ccccc2/1. The van der Waals surface area contributed by atoms with Gasteiger partial charge in [0.2, 0.25) is 0 Å². The minimum absolute atomic E-state index is 0.645. The summed E-state index contributed by atoms with van der Waals surface area (Å²) in [5.74, 6) is 1.32. The van der Waals surface area contributed by atoms with Gasteiger partial charge in [0.1, 0.15) is 0 Å². The number of nitrogens with zero attached hydrogens (tertiary/aromatic N) is 4. The fourth-order valence-electron chi connectivity index (χ4n) is 7.27. The Hall–Kier alpha value is -6.95. The average Bonchev–Trinajstić information content (AvgIpc) is 3.28. The third-order valence-electron chi connectivity index (χ3n) is 10.0. The fourth-order valence-corrected chi connectivity index (χ4v) is 8.51. The van der Waals surface area contributed by atoms with Gasteiger partial charge in [0.15, 0.2) is 11.6 Å². The van der Waals surface area contributed by atoms with Crippen LogP contribution in [0.2, 0.25) is 0 Å². The molecule has 0 amide bonds. The Bertz CT molecular complexity index is 2890. The van der Waals surface area contributed by atoms with Gasteiger partial charge in [-0.2, -0.15) is 0 Å². The van der Waals surface area contributed by atoms with E-state index >= 15 is 0 Å².